The quantitative estimate of drug-likeness (QED) is 0.557. The lowest BCUT2D eigenvalue weighted by Crippen LogP contribution is -2.37. The van der Waals surface area contributed by atoms with Crippen molar-refractivity contribution in [2.24, 2.45) is 5.92 Å². The van der Waals surface area contributed by atoms with Gasteiger partial charge in [0, 0.05) is 18.4 Å². The Kier molecular flexibility index (Phi) is 7.56. The van der Waals surface area contributed by atoms with Gasteiger partial charge in [-0.3, -0.25) is 0 Å². The largest absolute Gasteiger partial charge is 0.379 e. The van der Waals surface area contributed by atoms with Crippen molar-refractivity contribution in [2.45, 2.75) is 57.8 Å². The van der Waals surface area contributed by atoms with Crippen LogP contribution in [0.4, 0.5) is 0 Å². The molecule has 1 atom stereocenters. The molecule has 1 rings (SSSR count). The molecule has 0 radical (unpaired) electrons. The number of rotatable bonds is 7. The van der Waals surface area contributed by atoms with Gasteiger partial charge >= 0.3 is 0 Å². The molecule has 3 heteroatoms. The average molecular weight is 259 g/mol. The monoisotopic (exact) mass is 259 g/mol. The number of piperidine rings is 1. The van der Waals surface area contributed by atoms with Crippen molar-refractivity contribution >= 4 is 12.6 Å². The predicted molar refractivity (Wildman–Crippen MR) is 77.9 cm³/mol. The van der Waals surface area contributed by atoms with Crippen LogP contribution in [0.15, 0.2) is 0 Å². The molecule has 0 bridgehead atoms. The molecule has 0 spiro atoms. The second kappa shape index (κ2) is 8.39. The number of nitrogens with zero attached hydrogens (tertiary/aromatic N) is 1. The highest BCUT2D eigenvalue weighted by atomic mass is 32.1. The van der Waals surface area contributed by atoms with Crippen LogP contribution < -0.4 is 0 Å². The molecule has 102 valence electrons. The van der Waals surface area contributed by atoms with Gasteiger partial charge in [-0.05, 0) is 58.5 Å². The highest BCUT2D eigenvalue weighted by molar-refractivity contribution is 7.80. The molecule has 0 aromatic rings. The van der Waals surface area contributed by atoms with Crippen molar-refractivity contribution in [1.29, 1.82) is 0 Å². The maximum atomic E-state index is 5.59. The van der Waals surface area contributed by atoms with E-state index in [0.29, 0.717) is 11.4 Å². The molecular formula is C14H29NOS. The van der Waals surface area contributed by atoms with Gasteiger partial charge in [0.15, 0.2) is 0 Å². The first-order chi connectivity index (χ1) is 8.08. The van der Waals surface area contributed by atoms with Crippen LogP contribution in [-0.2, 0) is 4.74 Å². The van der Waals surface area contributed by atoms with Crippen LogP contribution in [0, 0.1) is 5.92 Å². The van der Waals surface area contributed by atoms with Crippen LogP contribution in [0.3, 0.4) is 0 Å². The summed E-state index contributed by atoms with van der Waals surface area (Å²) in [5.74, 6) is 0.928. The van der Waals surface area contributed by atoms with Gasteiger partial charge in [0.2, 0.25) is 0 Å². The van der Waals surface area contributed by atoms with Gasteiger partial charge in [-0.15, -0.1) is 0 Å². The van der Waals surface area contributed by atoms with Crippen molar-refractivity contribution < 1.29 is 4.74 Å². The lowest BCUT2D eigenvalue weighted by atomic mass is 9.92. The molecule has 0 aromatic carbocycles. The normalized spacial score (nSPS) is 21.0. The third-order valence-electron chi connectivity index (χ3n) is 3.44. The van der Waals surface area contributed by atoms with Crippen molar-refractivity contribution in [2.75, 3.05) is 26.2 Å². The van der Waals surface area contributed by atoms with Crippen LogP contribution in [0.5, 0.6) is 0 Å². The summed E-state index contributed by atoms with van der Waals surface area (Å²) < 4.78 is 5.59. The SMILES string of the molecule is CC(S)CN1CCC(CCCOC(C)C)CC1. The summed E-state index contributed by atoms with van der Waals surface area (Å²) in [4.78, 5) is 2.55. The molecule has 1 saturated heterocycles. The summed E-state index contributed by atoms with van der Waals surface area (Å²) in [7, 11) is 0. The second-order valence-corrected chi connectivity index (χ2v) is 6.54. The first kappa shape index (κ1) is 15.3. The Morgan fingerprint density at radius 3 is 2.41 bits per heavy atom. The van der Waals surface area contributed by atoms with E-state index < -0.39 is 0 Å². The summed E-state index contributed by atoms with van der Waals surface area (Å²) in [5.41, 5.74) is 0. The molecule has 0 aromatic heterocycles. The van der Waals surface area contributed by atoms with E-state index in [1.807, 2.05) is 0 Å². The Labute approximate surface area is 113 Å². The lowest BCUT2D eigenvalue weighted by molar-refractivity contribution is 0.0705. The molecule has 1 unspecified atom stereocenters. The number of ether oxygens (including phenoxy) is 1. The zero-order valence-corrected chi connectivity index (χ0v) is 12.6. The average Bonchev–Trinajstić information content (AvgIpc) is 2.25. The Bertz CT molecular complexity index is 186. The first-order valence-electron chi connectivity index (χ1n) is 7.10. The zero-order valence-electron chi connectivity index (χ0n) is 11.7. The van der Waals surface area contributed by atoms with E-state index in [9.17, 15) is 0 Å². The van der Waals surface area contributed by atoms with Crippen LogP contribution in [-0.4, -0.2) is 42.5 Å². The Balaban J connectivity index is 2.03. The summed E-state index contributed by atoms with van der Waals surface area (Å²) in [6, 6.07) is 0. The topological polar surface area (TPSA) is 12.5 Å². The molecule has 1 heterocycles. The Hall–Kier alpha value is 0.270. The van der Waals surface area contributed by atoms with Crippen LogP contribution in [0.25, 0.3) is 0 Å². The summed E-state index contributed by atoms with van der Waals surface area (Å²) in [6.45, 7) is 11.0. The van der Waals surface area contributed by atoms with E-state index in [4.69, 9.17) is 4.74 Å². The summed E-state index contributed by atoms with van der Waals surface area (Å²) in [5, 5.41) is 0.506. The number of hydrogen-bond donors (Lipinski definition) is 1. The molecular weight excluding hydrogens is 230 g/mol. The van der Waals surface area contributed by atoms with Gasteiger partial charge in [-0.25, -0.2) is 0 Å². The van der Waals surface area contributed by atoms with E-state index >= 15 is 0 Å². The number of hydrogen-bond acceptors (Lipinski definition) is 3. The van der Waals surface area contributed by atoms with Crippen molar-refractivity contribution in [1.82, 2.24) is 4.90 Å². The van der Waals surface area contributed by atoms with Gasteiger partial charge in [0.1, 0.15) is 0 Å². The molecule has 2 nitrogen and oxygen atoms in total. The van der Waals surface area contributed by atoms with Gasteiger partial charge in [0.05, 0.1) is 6.10 Å². The third-order valence-corrected chi connectivity index (χ3v) is 3.60. The molecule has 0 aliphatic carbocycles. The molecule has 0 N–H and O–H groups in total. The first-order valence-corrected chi connectivity index (χ1v) is 7.61. The van der Waals surface area contributed by atoms with Crippen molar-refractivity contribution in [3.05, 3.63) is 0 Å². The molecule has 1 fully saturated rings. The minimum Gasteiger partial charge on any atom is -0.379 e. The van der Waals surface area contributed by atoms with Gasteiger partial charge < -0.3 is 9.64 Å². The fraction of sp³-hybridized carbons (Fsp3) is 1.00. The Morgan fingerprint density at radius 2 is 1.88 bits per heavy atom. The Morgan fingerprint density at radius 1 is 1.24 bits per heavy atom. The van der Waals surface area contributed by atoms with Gasteiger partial charge in [-0.2, -0.15) is 12.6 Å². The second-order valence-electron chi connectivity index (χ2n) is 5.65. The standard InChI is InChI=1S/C14H29NOS/c1-12(2)16-10-4-5-14-6-8-15(9-7-14)11-13(3)17/h12-14,17H,4-11H2,1-3H3. The maximum Gasteiger partial charge on any atom is 0.0518 e. The fourth-order valence-corrected chi connectivity index (χ4v) is 2.75. The minimum absolute atomic E-state index is 0.383. The summed E-state index contributed by atoms with van der Waals surface area (Å²) >= 11 is 4.46. The number of thiol groups is 1. The van der Waals surface area contributed by atoms with E-state index in [-0.39, 0.29) is 0 Å². The lowest BCUT2D eigenvalue weighted by Gasteiger charge is -2.32. The van der Waals surface area contributed by atoms with Crippen molar-refractivity contribution in [3.8, 4) is 0 Å². The highest BCUT2D eigenvalue weighted by Gasteiger charge is 2.19. The molecule has 1 aliphatic rings. The van der Waals surface area contributed by atoms with Crippen molar-refractivity contribution in [3.63, 3.8) is 0 Å². The molecule has 1 aliphatic heterocycles. The maximum absolute atomic E-state index is 5.59. The van der Waals surface area contributed by atoms with E-state index in [1.165, 1.54) is 38.8 Å². The minimum atomic E-state index is 0.383. The molecule has 17 heavy (non-hydrogen) atoms. The smallest absolute Gasteiger partial charge is 0.0518 e. The van der Waals surface area contributed by atoms with Gasteiger partial charge in [-0.1, -0.05) is 6.92 Å². The van der Waals surface area contributed by atoms with E-state index in [2.05, 4.69) is 38.3 Å². The van der Waals surface area contributed by atoms with E-state index in [0.717, 1.165) is 19.1 Å². The number of likely N-dealkylation sites (tertiary alicyclic amines) is 1. The van der Waals surface area contributed by atoms with E-state index in [1.54, 1.807) is 0 Å². The fourth-order valence-electron chi connectivity index (χ4n) is 2.52. The molecule has 0 amide bonds. The highest BCUT2D eigenvalue weighted by Crippen LogP contribution is 2.22. The summed E-state index contributed by atoms with van der Waals surface area (Å²) in [6.07, 6.45) is 5.68. The molecule has 0 saturated carbocycles. The predicted octanol–water partition coefficient (Wildman–Crippen LogP) is 3.22. The van der Waals surface area contributed by atoms with Gasteiger partial charge in [0.25, 0.3) is 0 Å². The van der Waals surface area contributed by atoms with Crippen LogP contribution in [0.2, 0.25) is 0 Å². The third kappa shape index (κ3) is 7.32. The zero-order chi connectivity index (χ0) is 12.7. The van der Waals surface area contributed by atoms with Crippen LogP contribution in [0.1, 0.15) is 46.5 Å². The van der Waals surface area contributed by atoms with Crippen LogP contribution >= 0.6 is 12.6 Å².